The molecule has 0 aliphatic carbocycles. The van der Waals surface area contributed by atoms with E-state index < -0.39 is 0 Å². The average molecular weight is 466 g/mol. The van der Waals surface area contributed by atoms with Crippen LogP contribution in [0.1, 0.15) is 19.4 Å². The summed E-state index contributed by atoms with van der Waals surface area (Å²) in [4.78, 5) is 19.4. The van der Waals surface area contributed by atoms with E-state index in [0.717, 1.165) is 41.1 Å². The summed E-state index contributed by atoms with van der Waals surface area (Å²) in [5.74, 6) is 2.22. The molecule has 180 valence electrons. The zero-order chi connectivity index (χ0) is 23.7. The average Bonchev–Trinajstić information content (AvgIpc) is 2.88. The Hall–Kier alpha value is -3.01. The van der Waals surface area contributed by atoms with Gasteiger partial charge in [0, 0.05) is 24.2 Å². The highest BCUT2D eigenvalue weighted by Crippen LogP contribution is 2.32. The quantitative estimate of drug-likeness (QED) is 0.610. The number of aromatic nitrogens is 3. The Balaban J connectivity index is 1.64. The van der Waals surface area contributed by atoms with E-state index in [4.69, 9.17) is 29.2 Å². The maximum Gasteiger partial charge on any atom is 0.229 e. The molecule has 9 heteroatoms. The number of benzene rings is 1. The first-order chi connectivity index (χ1) is 16.6. The molecule has 2 atom stereocenters. The summed E-state index contributed by atoms with van der Waals surface area (Å²) in [7, 11) is 1.60. The van der Waals surface area contributed by atoms with Gasteiger partial charge in [0.2, 0.25) is 5.95 Å². The molecular formula is C25H31N5O4. The molecule has 4 heterocycles. The predicted molar refractivity (Wildman–Crippen MR) is 130 cm³/mol. The van der Waals surface area contributed by atoms with Crippen molar-refractivity contribution in [1.29, 1.82) is 0 Å². The normalized spacial score (nSPS) is 21.2. The van der Waals surface area contributed by atoms with Crippen molar-refractivity contribution < 1.29 is 19.3 Å². The summed E-state index contributed by atoms with van der Waals surface area (Å²) in [6.07, 6.45) is 0. The molecule has 5 rings (SSSR count). The van der Waals surface area contributed by atoms with Crippen molar-refractivity contribution in [1.82, 2.24) is 15.0 Å². The smallest absolute Gasteiger partial charge is 0.229 e. The standard InChI is InChI=1S/C25H31N5O4/c1-16-14-33-10-8-29(16)24-20-5-6-21(18-4-7-22(32-3)19(12-18)13-31)26-23(20)27-25(28-24)30-9-11-34-15-17(30)2/h4-7,12,16-17,31H,8-11,13-15H2,1-3H3/t16?,17-/m1/s1. The van der Waals surface area contributed by atoms with E-state index in [9.17, 15) is 5.11 Å². The number of fused-ring (bicyclic) bond motifs is 1. The third-order valence-electron chi connectivity index (χ3n) is 6.54. The fraction of sp³-hybridized carbons (Fsp3) is 0.480. The molecule has 0 bridgehead atoms. The molecule has 2 aromatic heterocycles. The van der Waals surface area contributed by atoms with Gasteiger partial charge in [-0.2, -0.15) is 9.97 Å². The van der Waals surface area contributed by atoms with Crippen LogP contribution in [0.5, 0.6) is 5.75 Å². The highest BCUT2D eigenvalue weighted by atomic mass is 16.5. The molecule has 3 aromatic rings. The fourth-order valence-electron chi connectivity index (χ4n) is 4.62. The van der Waals surface area contributed by atoms with Gasteiger partial charge in [-0.05, 0) is 44.2 Å². The molecule has 1 unspecified atom stereocenters. The number of rotatable bonds is 5. The van der Waals surface area contributed by atoms with Gasteiger partial charge in [0.1, 0.15) is 11.6 Å². The fourth-order valence-corrected chi connectivity index (χ4v) is 4.62. The van der Waals surface area contributed by atoms with Crippen LogP contribution >= 0.6 is 0 Å². The van der Waals surface area contributed by atoms with Crippen LogP contribution in [0.15, 0.2) is 30.3 Å². The Bertz CT molecular complexity index is 1170. The van der Waals surface area contributed by atoms with E-state index >= 15 is 0 Å². The molecule has 1 N–H and O–H groups in total. The van der Waals surface area contributed by atoms with Crippen LogP contribution in [0.3, 0.4) is 0 Å². The molecule has 2 aliphatic heterocycles. The van der Waals surface area contributed by atoms with Gasteiger partial charge in [0.15, 0.2) is 5.65 Å². The molecule has 0 amide bonds. The highest BCUT2D eigenvalue weighted by Gasteiger charge is 2.27. The number of nitrogens with zero attached hydrogens (tertiary/aromatic N) is 5. The van der Waals surface area contributed by atoms with E-state index in [1.165, 1.54) is 0 Å². The Morgan fingerprint density at radius 2 is 1.71 bits per heavy atom. The molecule has 9 nitrogen and oxygen atoms in total. The van der Waals surface area contributed by atoms with Crippen molar-refractivity contribution in [2.75, 3.05) is 56.4 Å². The Kier molecular flexibility index (Phi) is 6.49. The zero-order valence-electron chi connectivity index (χ0n) is 19.9. The monoisotopic (exact) mass is 465 g/mol. The van der Waals surface area contributed by atoms with Gasteiger partial charge in [0.05, 0.1) is 63.3 Å². The highest BCUT2D eigenvalue weighted by molar-refractivity contribution is 5.90. The van der Waals surface area contributed by atoms with Crippen molar-refractivity contribution in [2.45, 2.75) is 32.5 Å². The first-order valence-corrected chi connectivity index (χ1v) is 11.7. The van der Waals surface area contributed by atoms with Gasteiger partial charge < -0.3 is 29.1 Å². The number of ether oxygens (including phenoxy) is 3. The molecule has 0 spiro atoms. The van der Waals surface area contributed by atoms with Crippen LogP contribution < -0.4 is 14.5 Å². The minimum Gasteiger partial charge on any atom is -0.496 e. The van der Waals surface area contributed by atoms with Crippen LogP contribution in [0.25, 0.3) is 22.3 Å². The zero-order valence-corrected chi connectivity index (χ0v) is 19.9. The second-order valence-electron chi connectivity index (χ2n) is 8.83. The summed E-state index contributed by atoms with van der Waals surface area (Å²) in [6, 6.07) is 10.1. The Morgan fingerprint density at radius 3 is 2.38 bits per heavy atom. The third kappa shape index (κ3) is 4.26. The van der Waals surface area contributed by atoms with Crippen molar-refractivity contribution in [3.8, 4) is 17.0 Å². The number of hydrogen-bond acceptors (Lipinski definition) is 9. The van der Waals surface area contributed by atoms with Crippen LogP contribution in [-0.4, -0.2) is 78.8 Å². The predicted octanol–water partition coefficient (Wildman–Crippen LogP) is 2.64. The lowest BCUT2D eigenvalue weighted by Gasteiger charge is -2.37. The molecule has 1 aromatic carbocycles. The van der Waals surface area contributed by atoms with Crippen molar-refractivity contribution in [2.24, 2.45) is 0 Å². The topological polar surface area (TPSA) is 93.1 Å². The van der Waals surface area contributed by atoms with Gasteiger partial charge in [-0.3, -0.25) is 0 Å². The lowest BCUT2D eigenvalue weighted by Crippen LogP contribution is -2.46. The second kappa shape index (κ2) is 9.69. The Morgan fingerprint density at radius 1 is 0.971 bits per heavy atom. The number of methoxy groups -OCH3 is 1. The number of anilines is 2. The van der Waals surface area contributed by atoms with E-state index in [0.29, 0.717) is 43.8 Å². The van der Waals surface area contributed by atoms with Gasteiger partial charge in [-0.15, -0.1) is 0 Å². The molecule has 2 aliphatic rings. The Labute approximate surface area is 199 Å². The number of pyridine rings is 1. The first-order valence-electron chi connectivity index (χ1n) is 11.7. The SMILES string of the molecule is COc1ccc(-c2ccc3c(N4CCOCC4C)nc(N4CCOC[C@H]4C)nc3n2)cc1CO. The van der Waals surface area contributed by atoms with Gasteiger partial charge in [0.25, 0.3) is 0 Å². The van der Waals surface area contributed by atoms with Crippen LogP contribution in [0.4, 0.5) is 11.8 Å². The number of morpholine rings is 2. The van der Waals surface area contributed by atoms with Crippen LogP contribution in [-0.2, 0) is 16.1 Å². The van der Waals surface area contributed by atoms with E-state index in [2.05, 4.69) is 23.6 Å². The van der Waals surface area contributed by atoms with Crippen molar-refractivity contribution >= 4 is 22.8 Å². The number of aliphatic hydroxyl groups is 1. The van der Waals surface area contributed by atoms with Crippen LogP contribution in [0, 0.1) is 0 Å². The molecule has 2 saturated heterocycles. The van der Waals surface area contributed by atoms with Gasteiger partial charge in [-0.25, -0.2) is 4.98 Å². The lowest BCUT2D eigenvalue weighted by atomic mass is 10.1. The van der Waals surface area contributed by atoms with Crippen molar-refractivity contribution in [3.05, 3.63) is 35.9 Å². The largest absolute Gasteiger partial charge is 0.496 e. The summed E-state index contributed by atoms with van der Waals surface area (Å²) in [6.45, 7) is 8.31. The minimum atomic E-state index is -0.106. The molecule has 0 saturated carbocycles. The maximum absolute atomic E-state index is 9.75. The summed E-state index contributed by atoms with van der Waals surface area (Å²) >= 11 is 0. The van der Waals surface area contributed by atoms with Crippen molar-refractivity contribution in [3.63, 3.8) is 0 Å². The summed E-state index contributed by atoms with van der Waals surface area (Å²) in [5, 5.41) is 10.7. The maximum atomic E-state index is 9.75. The van der Waals surface area contributed by atoms with E-state index in [-0.39, 0.29) is 18.7 Å². The van der Waals surface area contributed by atoms with Gasteiger partial charge >= 0.3 is 0 Å². The molecule has 2 fully saturated rings. The third-order valence-corrected chi connectivity index (χ3v) is 6.54. The number of aliphatic hydroxyl groups excluding tert-OH is 1. The number of hydrogen-bond donors (Lipinski definition) is 1. The van der Waals surface area contributed by atoms with E-state index in [1.807, 2.05) is 30.3 Å². The lowest BCUT2D eigenvalue weighted by molar-refractivity contribution is 0.0973. The van der Waals surface area contributed by atoms with Crippen LogP contribution in [0.2, 0.25) is 0 Å². The molecular weight excluding hydrogens is 434 g/mol. The second-order valence-corrected chi connectivity index (χ2v) is 8.83. The first kappa shape index (κ1) is 22.8. The summed E-state index contributed by atoms with van der Waals surface area (Å²) < 4.78 is 16.7. The van der Waals surface area contributed by atoms with E-state index in [1.54, 1.807) is 7.11 Å². The molecule has 0 radical (unpaired) electrons. The van der Waals surface area contributed by atoms with Gasteiger partial charge in [-0.1, -0.05) is 0 Å². The molecule has 34 heavy (non-hydrogen) atoms. The summed E-state index contributed by atoms with van der Waals surface area (Å²) in [5.41, 5.74) is 3.05. The minimum absolute atomic E-state index is 0.106.